The zero-order valence-electron chi connectivity index (χ0n) is 17.1. The summed E-state index contributed by atoms with van der Waals surface area (Å²) in [7, 11) is 1.60. The number of aromatic nitrogens is 1. The number of benzene rings is 1. The first-order valence-corrected chi connectivity index (χ1v) is 9.21. The molecule has 1 heterocycles. The van der Waals surface area contributed by atoms with Gasteiger partial charge >= 0.3 is 0 Å². The van der Waals surface area contributed by atoms with Gasteiger partial charge in [0.1, 0.15) is 18.0 Å². The van der Waals surface area contributed by atoms with Crippen LogP contribution < -0.4 is 15.2 Å². The predicted octanol–water partition coefficient (Wildman–Crippen LogP) is 4.49. The molecular weight excluding hydrogens is 364 g/mol. The van der Waals surface area contributed by atoms with E-state index in [4.69, 9.17) is 15.2 Å². The number of para-hydroxylation sites is 1. The summed E-state index contributed by atoms with van der Waals surface area (Å²) < 4.78 is 11.5. The molecule has 1 aromatic carbocycles. The molecule has 6 nitrogen and oxygen atoms in total. The zero-order valence-corrected chi connectivity index (χ0v) is 17.1. The molecule has 0 spiro atoms. The quantitative estimate of drug-likeness (QED) is 0.830. The van der Waals surface area contributed by atoms with Gasteiger partial charge in [0.05, 0.1) is 30.0 Å². The highest BCUT2D eigenvalue weighted by molar-refractivity contribution is 6.09. The van der Waals surface area contributed by atoms with E-state index in [1.807, 2.05) is 52.0 Å². The van der Waals surface area contributed by atoms with Crippen LogP contribution in [0.5, 0.6) is 11.5 Å². The topological polar surface area (TPSA) is 105 Å². The van der Waals surface area contributed by atoms with Gasteiger partial charge in [0.25, 0.3) is 0 Å². The molecule has 0 radical (unpaired) electrons. The first kappa shape index (κ1) is 20.0. The van der Waals surface area contributed by atoms with Gasteiger partial charge in [-0.05, 0) is 56.5 Å². The fourth-order valence-electron chi connectivity index (χ4n) is 3.52. The molecule has 146 valence electrons. The number of hydrogen-bond donors (Lipinski definition) is 1. The van der Waals surface area contributed by atoms with Gasteiger partial charge in [0, 0.05) is 11.1 Å². The highest BCUT2D eigenvalue weighted by Gasteiger charge is 2.30. The third-order valence-corrected chi connectivity index (χ3v) is 4.87. The molecule has 0 saturated heterocycles. The van der Waals surface area contributed by atoms with Crippen LogP contribution in [0.25, 0.3) is 17.2 Å². The van der Waals surface area contributed by atoms with E-state index in [9.17, 15) is 10.5 Å². The average Bonchev–Trinajstić information content (AvgIpc) is 2.93. The van der Waals surface area contributed by atoms with E-state index in [-0.39, 0.29) is 11.9 Å². The first-order chi connectivity index (χ1) is 13.8. The van der Waals surface area contributed by atoms with E-state index in [1.54, 1.807) is 7.11 Å². The number of hydrogen-bond acceptors (Lipinski definition) is 6. The number of nitrogens with zero attached hydrogens (tertiary/aromatic N) is 3. The lowest BCUT2D eigenvalue weighted by Crippen LogP contribution is -2.08. The zero-order chi connectivity index (χ0) is 21.3. The lowest BCUT2D eigenvalue weighted by molar-refractivity contribution is 0.229. The van der Waals surface area contributed by atoms with Crippen molar-refractivity contribution < 1.29 is 9.47 Å². The van der Waals surface area contributed by atoms with Crippen molar-refractivity contribution in [2.75, 3.05) is 12.8 Å². The van der Waals surface area contributed by atoms with Crippen molar-refractivity contribution in [3.05, 3.63) is 51.7 Å². The van der Waals surface area contributed by atoms with Crippen LogP contribution in [0, 0.1) is 29.6 Å². The van der Waals surface area contributed by atoms with Gasteiger partial charge in [0.2, 0.25) is 0 Å². The minimum absolute atomic E-state index is 0.0426. The van der Waals surface area contributed by atoms with Crippen LogP contribution >= 0.6 is 0 Å². The molecule has 6 heteroatoms. The smallest absolute Gasteiger partial charge is 0.168 e. The Balaban J connectivity index is 2.32. The predicted molar refractivity (Wildman–Crippen MR) is 113 cm³/mol. The first-order valence-electron chi connectivity index (χ1n) is 9.21. The van der Waals surface area contributed by atoms with Gasteiger partial charge < -0.3 is 15.2 Å². The second-order valence-electron chi connectivity index (χ2n) is 7.05. The van der Waals surface area contributed by atoms with Gasteiger partial charge in [-0.25, -0.2) is 4.98 Å². The van der Waals surface area contributed by atoms with Crippen molar-refractivity contribution in [2.45, 2.75) is 33.8 Å². The standard InChI is InChI=1S/C23H22N4O2/c1-12(2)29-22-15(7-6-8-19(22)28-5)9-16-13(3)17(10-24)21-20(16)14(4)18(11-25)23(26)27-21/h6-9,12H,1-5H3,(H2,26,27)/b16-9+. The summed E-state index contributed by atoms with van der Waals surface area (Å²) in [4.78, 5) is 4.36. The number of ether oxygens (including phenoxy) is 2. The lowest BCUT2D eigenvalue weighted by atomic mass is 9.95. The number of rotatable bonds is 4. The fraction of sp³-hybridized carbons (Fsp3) is 0.261. The molecular formula is C23H22N4O2. The highest BCUT2D eigenvalue weighted by Crippen LogP contribution is 2.45. The summed E-state index contributed by atoms with van der Waals surface area (Å²) in [5.41, 5.74) is 11.1. The van der Waals surface area contributed by atoms with Gasteiger partial charge in [-0.3, -0.25) is 0 Å². The average molecular weight is 386 g/mol. The Morgan fingerprint density at radius 1 is 1.17 bits per heavy atom. The molecule has 2 aromatic rings. The summed E-state index contributed by atoms with van der Waals surface area (Å²) in [6, 6.07) is 10.00. The van der Waals surface area contributed by atoms with E-state index < -0.39 is 0 Å². The Hall–Kier alpha value is -3.77. The monoisotopic (exact) mass is 386 g/mol. The maximum absolute atomic E-state index is 9.71. The van der Waals surface area contributed by atoms with E-state index in [0.717, 1.165) is 22.3 Å². The fourth-order valence-corrected chi connectivity index (χ4v) is 3.52. The molecule has 1 aliphatic carbocycles. The summed E-state index contributed by atoms with van der Waals surface area (Å²) in [6.45, 7) is 7.59. The number of methoxy groups -OCH3 is 1. The normalized spacial score (nSPS) is 14.0. The number of pyridine rings is 1. The van der Waals surface area contributed by atoms with Crippen LogP contribution in [-0.2, 0) is 0 Å². The van der Waals surface area contributed by atoms with Crippen molar-refractivity contribution in [2.24, 2.45) is 0 Å². The molecule has 29 heavy (non-hydrogen) atoms. The van der Waals surface area contributed by atoms with Crippen molar-refractivity contribution in [3.63, 3.8) is 0 Å². The lowest BCUT2D eigenvalue weighted by Gasteiger charge is -2.17. The molecule has 1 aromatic heterocycles. The van der Waals surface area contributed by atoms with E-state index >= 15 is 0 Å². The second kappa shape index (κ2) is 7.69. The number of allylic oxidation sites excluding steroid dienone is 3. The van der Waals surface area contributed by atoms with E-state index in [2.05, 4.69) is 17.1 Å². The number of nitrogens with two attached hydrogens (primary N) is 1. The van der Waals surface area contributed by atoms with Crippen LogP contribution in [0.15, 0.2) is 23.8 Å². The molecule has 2 N–H and O–H groups in total. The summed E-state index contributed by atoms with van der Waals surface area (Å²) in [6.07, 6.45) is 1.91. The van der Waals surface area contributed by atoms with Crippen molar-refractivity contribution in [1.82, 2.24) is 4.98 Å². The van der Waals surface area contributed by atoms with Crippen molar-refractivity contribution in [1.29, 1.82) is 10.5 Å². The van der Waals surface area contributed by atoms with Gasteiger partial charge in [-0.1, -0.05) is 12.1 Å². The summed E-state index contributed by atoms with van der Waals surface area (Å²) in [5, 5.41) is 19.2. The summed E-state index contributed by atoms with van der Waals surface area (Å²) in [5.74, 6) is 1.38. The Bertz CT molecular complexity index is 1140. The van der Waals surface area contributed by atoms with Gasteiger partial charge in [-0.15, -0.1) is 0 Å². The molecule has 0 bridgehead atoms. The molecule has 0 saturated carbocycles. The van der Waals surface area contributed by atoms with Crippen molar-refractivity contribution >= 4 is 23.0 Å². The third kappa shape index (κ3) is 3.30. The Kier molecular flexibility index (Phi) is 5.30. The minimum Gasteiger partial charge on any atom is -0.493 e. The molecule has 0 atom stereocenters. The molecule has 0 aliphatic heterocycles. The number of anilines is 1. The number of nitrogen functional groups attached to an aromatic ring is 1. The third-order valence-electron chi connectivity index (χ3n) is 4.87. The van der Waals surface area contributed by atoms with Crippen LogP contribution in [-0.4, -0.2) is 18.2 Å². The SMILES string of the molecule is COc1cccc(/C=C2\C(C)=C(C#N)c3nc(N)c(C#N)c(C)c32)c1OC(C)C. The second-order valence-corrected chi connectivity index (χ2v) is 7.05. The van der Waals surface area contributed by atoms with Gasteiger partial charge in [-0.2, -0.15) is 10.5 Å². The Morgan fingerprint density at radius 2 is 1.90 bits per heavy atom. The van der Waals surface area contributed by atoms with Crippen LogP contribution in [0.2, 0.25) is 0 Å². The largest absolute Gasteiger partial charge is 0.493 e. The number of fused-ring (bicyclic) bond motifs is 1. The van der Waals surface area contributed by atoms with Crippen LogP contribution in [0.4, 0.5) is 5.82 Å². The Morgan fingerprint density at radius 3 is 2.48 bits per heavy atom. The minimum atomic E-state index is -0.0426. The van der Waals surface area contributed by atoms with Gasteiger partial charge in [0.15, 0.2) is 11.5 Å². The molecule has 0 unspecified atom stereocenters. The molecule has 1 aliphatic rings. The molecule has 3 rings (SSSR count). The van der Waals surface area contributed by atoms with E-state index in [0.29, 0.717) is 33.9 Å². The number of nitriles is 2. The maximum atomic E-state index is 9.71. The highest BCUT2D eigenvalue weighted by atomic mass is 16.5. The van der Waals surface area contributed by atoms with Crippen molar-refractivity contribution in [3.8, 4) is 23.6 Å². The molecule has 0 fully saturated rings. The maximum Gasteiger partial charge on any atom is 0.168 e. The molecule has 0 amide bonds. The van der Waals surface area contributed by atoms with Crippen LogP contribution in [0.3, 0.4) is 0 Å². The Labute approximate surface area is 170 Å². The van der Waals surface area contributed by atoms with E-state index in [1.165, 1.54) is 0 Å². The van der Waals surface area contributed by atoms with Crippen LogP contribution in [0.1, 0.15) is 48.7 Å². The summed E-state index contributed by atoms with van der Waals surface area (Å²) >= 11 is 0.